The second-order valence-corrected chi connectivity index (χ2v) is 5.58. The van der Waals surface area contributed by atoms with Gasteiger partial charge in [-0.05, 0) is 18.1 Å². The van der Waals surface area contributed by atoms with Crippen LogP contribution in [0.4, 0.5) is 4.79 Å². The maximum atomic E-state index is 12.6. The number of amides is 3. The first-order valence-electron chi connectivity index (χ1n) is 6.80. The smallest absolute Gasteiger partial charge is 0.324 e. The number of carbonyl (C=O) groups excluding carboxylic acids is 2. The number of aryl methyl sites for hydroxylation is 1. The van der Waals surface area contributed by atoms with Crippen molar-refractivity contribution in [2.75, 3.05) is 7.05 Å². The highest BCUT2D eigenvalue weighted by Gasteiger charge is 2.23. The summed E-state index contributed by atoms with van der Waals surface area (Å²) in [7, 11) is 1.53. The first kappa shape index (κ1) is 15.3. The van der Waals surface area contributed by atoms with Crippen molar-refractivity contribution in [1.82, 2.24) is 10.2 Å². The maximum absolute atomic E-state index is 12.6. The van der Waals surface area contributed by atoms with Crippen molar-refractivity contribution in [3.63, 3.8) is 0 Å². The molecule has 5 heteroatoms. The largest absolute Gasteiger partial charge is 0.341 e. The van der Waals surface area contributed by atoms with E-state index in [1.54, 1.807) is 11.3 Å². The molecule has 0 radical (unpaired) electrons. The summed E-state index contributed by atoms with van der Waals surface area (Å²) in [5.74, 6) is -0.269. The van der Waals surface area contributed by atoms with E-state index in [0.29, 0.717) is 5.56 Å². The van der Waals surface area contributed by atoms with Crippen molar-refractivity contribution in [2.45, 2.75) is 19.9 Å². The summed E-state index contributed by atoms with van der Waals surface area (Å²) in [5.41, 5.74) is 1.48. The van der Waals surface area contributed by atoms with Crippen LogP contribution in [0.2, 0.25) is 0 Å². The van der Waals surface area contributed by atoms with Gasteiger partial charge < -0.3 is 5.32 Å². The van der Waals surface area contributed by atoms with Gasteiger partial charge in [0, 0.05) is 17.3 Å². The lowest BCUT2D eigenvalue weighted by atomic mass is 10.2. The first-order valence-corrected chi connectivity index (χ1v) is 7.68. The van der Waals surface area contributed by atoms with Crippen LogP contribution in [0.5, 0.6) is 0 Å². The molecule has 0 fully saturated rings. The molecule has 0 aliphatic carbocycles. The van der Waals surface area contributed by atoms with Crippen molar-refractivity contribution in [3.8, 4) is 0 Å². The minimum absolute atomic E-state index is 0.261. The third-order valence-electron chi connectivity index (χ3n) is 3.14. The second-order valence-electron chi connectivity index (χ2n) is 4.59. The summed E-state index contributed by atoms with van der Waals surface area (Å²) in [6.07, 6.45) is 0.886. The standard InChI is InChI=1S/C16H18N2O2S/c1-3-14-9-13(11-21-14)15(19)18(16(20)17-2)10-12-7-5-4-6-8-12/h4-9,11H,3,10H2,1-2H3,(H,17,20). The van der Waals surface area contributed by atoms with Crippen LogP contribution in [0.25, 0.3) is 0 Å². The van der Waals surface area contributed by atoms with Crippen LogP contribution >= 0.6 is 11.3 Å². The fourth-order valence-electron chi connectivity index (χ4n) is 1.97. The van der Waals surface area contributed by atoms with Crippen molar-refractivity contribution in [2.24, 2.45) is 0 Å². The number of nitrogens with zero attached hydrogens (tertiary/aromatic N) is 1. The van der Waals surface area contributed by atoms with Crippen molar-refractivity contribution in [3.05, 3.63) is 57.8 Å². The average molecular weight is 302 g/mol. The summed E-state index contributed by atoms with van der Waals surface area (Å²) >= 11 is 1.54. The number of carbonyl (C=O) groups is 2. The lowest BCUT2D eigenvalue weighted by molar-refractivity contribution is 0.0793. The molecular weight excluding hydrogens is 284 g/mol. The van der Waals surface area contributed by atoms with Crippen molar-refractivity contribution >= 4 is 23.3 Å². The minimum Gasteiger partial charge on any atom is -0.341 e. The van der Waals surface area contributed by atoms with Gasteiger partial charge in [-0.25, -0.2) is 4.79 Å². The molecular formula is C16H18N2O2S. The van der Waals surface area contributed by atoms with Gasteiger partial charge in [0.2, 0.25) is 0 Å². The highest BCUT2D eigenvalue weighted by molar-refractivity contribution is 7.10. The lowest BCUT2D eigenvalue weighted by Gasteiger charge is -2.20. The van der Waals surface area contributed by atoms with E-state index in [1.807, 2.05) is 48.7 Å². The van der Waals surface area contributed by atoms with Gasteiger partial charge in [0.25, 0.3) is 5.91 Å². The molecule has 1 heterocycles. The maximum Gasteiger partial charge on any atom is 0.324 e. The molecule has 0 aliphatic heterocycles. The van der Waals surface area contributed by atoms with Crippen LogP contribution in [-0.2, 0) is 13.0 Å². The Morgan fingerprint density at radius 2 is 1.95 bits per heavy atom. The zero-order valence-electron chi connectivity index (χ0n) is 12.1. The zero-order valence-corrected chi connectivity index (χ0v) is 12.9. The van der Waals surface area contributed by atoms with Crippen molar-refractivity contribution < 1.29 is 9.59 Å². The molecule has 1 aromatic heterocycles. The Labute approximate surface area is 128 Å². The molecule has 1 aromatic carbocycles. The topological polar surface area (TPSA) is 49.4 Å². The van der Waals surface area contributed by atoms with E-state index in [2.05, 4.69) is 5.32 Å². The zero-order chi connectivity index (χ0) is 15.2. The number of hydrogen-bond donors (Lipinski definition) is 1. The van der Waals surface area contributed by atoms with Crippen LogP contribution in [0.1, 0.15) is 27.7 Å². The number of thiophene rings is 1. The predicted octanol–water partition coefficient (Wildman–Crippen LogP) is 3.29. The Morgan fingerprint density at radius 3 is 2.52 bits per heavy atom. The van der Waals surface area contributed by atoms with Gasteiger partial charge in [0.1, 0.15) is 0 Å². The normalized spacial score (nSPS) is 10.2. The summed E-state index contributed by atoms with van der Waals surface area (Å²) in [6.45, 7) is 2.30. The van der Waals surface area contributed by atoms with Crippen LogP contribution in [0.15, 0.2) is 41.8 Å². The quantitative estimate of drug-likeness (QED) is 0.942. The van der Waals surface area contributed by atoms with Gasteiger partial charge >= 0.3 is 6.03 Å². The van der Waals surface area contributed by atoms with Crippen LogP contribution in [-0.4, -0.2) is 23.9 Å². The fraction of sp³-hybridized carbons (Fsp3) is 0.250. The Bertz CT molecular complexity index is 622. The fourth-order valence-corrected chi connectivity index (χ4v) is 2.78. The van der Waals surface area contributed by atoms with Crippen LogP contribution in [0.3, 0.4) is 0 Å². The number of imide groups is 1. The van der Waals surface area contributed by atoms with Gasteiger partial charge in [-0.1, -0.05) is 37.3 Å². The van der Waals surface area contributed by atoms with E-state index in [0.717, 1.165) is 16.9 Å². The number of benzene rings is 1. The molecule has 0 atom stereocenters. The third kappa shape index (κ3) is 3.70. The Hall–Kier alpha value is -2.14. The Kier molecular flexibility index (Phi) is 5.11. The van der Waals surface area contributed by atoms with Gasteiger partial charge in [-0.15, -0.1) is 11.3 Å². The summed E-state index contributed by atoms with van der Waals surface area (Å²) in [5, 5.41) is 4.33. The molecule has 0 bridgehead atoms. The molecule has 4 nitrogen and oxygen atoms in total. The first-order chi connectivity index (χ1) is 10.2. The van der Waals surface area contributed by atoms with Gasteiger partial charge in [-0.3, -0.25) is 9.69 Å². The predicted molar refractivity (Wildman–Crippen MR) is 84.5 cm³/mol. The number of urea groups is 1. The molecule has 2 rings (SSSR count). The van der Waals surface area contributed by atoms with E-state index in [9.17, 15) is 9.59 Å². The van der Waals surface area contributed by atoms with E-state index < -0.39 is 6.03 Å². The van der Waals surface area contributed by atoms with Crippen LogP contribution < -0.4 is 5.32 Å². The van der Waals surface area contributed by atoms with E-state index in [4.69, 9.17) is 0 Å². The molecule has 0 saturated carbocycles. The van der Waals surface area contributed by atoms with E-state index in [1.165, 1.54) is 11.9 Å². The minimum atomic E-state index is -0.395. The molecule has 3 amide bonds. The second kappa shape index (κ2) is 7.04. The average Bonchev–Trinajstić information content (AvgIpc) is 3.01. The van der Waals surface area contributed by atoms with E-state index >= 15 is 0 Å². The molecule has 0 spiro atoms. The lowest BCUT2D eigenvalue weighted by Crippen LogP contribution is -2.41. The Morgan fingerprint density at radius 1 is 1.24 bits per heavy atom. The monoisotopic (exact) mass is 302 g/mol. The summed E-state index contributed by atoms with van der Waals surface area (Å²) < 4.78 is 0. The molecule has 21 heavy (non-hydrogen) atoms. The molecule has 0 aliphatic rings. The highest BCUT2D eigenvalue weighted by Crippen LogP contribution is 2.18. The van der Waals surface area contributed by atoms with Crippen LogP contribution in [0, 0.1) is 0 Å². The highest BCUT2D eigenvalue weighted by atomic mass is 32.1. The van der Waals surface area contributed by atoms with Gasteiger partial charge in [-0.2, -0.15) is 0 Å². The number of hydrogen-bond acceptors (Lipinski definition) is 3. The van der Waals surface area contributed by atoms with Gasteiger partial charge in [0.05, 0.1) is 12.1 Å². The molecule has 0 unspecified atom stereocenters. The molecule has 110 valence electrons. The molecule has 0 saturated heterocycles. The summed E-state index contributed by atoms with van der Waals surface area (Å²) in [6, 6.07) is 10.9. The third-order valence-corrected chi connectivity index (χ3v) is 4.22. The number of nitrogens with one attached hydrogen (secondary N) is 1. The SMILES string of the molecule is CCc1cc(C(=O)N(Cc2ccccc2)C(=O)NC)cs1. The van der Waals surface area contributed by atoms with Crippen molar-refractivity contribution in [1.29, 1.82) is 0 Å². The van der Waals surface area contributed by atoms with E-state index in [-0.39, 0.29) is 12.5 Å². The molecule has 1 N–H and O–H groups in total. The van der Waals surface area contributed by atoms with Gasteiger partial charge in [0.15, 0.2) is 0 Å². The summed E-state index contributed by atoms with van der Waals surface area (Å²) in [4.78, 5) is 26.9. The molecule has 2 aromatic rings. The Balaban J connectivity index is 2.23. The number of rotatable bonds is 4.